The number of rotatable bonds is 4. The molecule has 126 valence electrons. The van der Waals surface area contributed by atoms with Crippen LogP contribution in [0, 0.1) is 6.92 Å². The second kappa shape index (κ2) is 6.27. The Labute approximate surface area is 138 Å². The fourth-order valence-electron chi connectivity index (χ4n) is 4.15. The van der Waals surface area contributed by atoms with Crippen LogP contribution in [0.25, 0.3) is 0 Å². The second-order valence-electron chi connectivity index (χ2n) is 7.04. The van der Waals surface area contributed by atoms with Gasteiger partial charge in [0.2, 0.25) is 5.91 Å². The van der Waals surface area contributed by atoms with Crippen LogP contribution in [-0.4, -0.2) is 42.8 Å². The third kappa shape index (κ3) is 3.44. The molecule has 0 aliphatic carbocycles. The largest absolute Gasteiger partial charge is 0.337 e. The summed E-state index contributed by atoms with van der Waals surface area (Å²) in [7, 11) is -3.00. The van der Waals surface area contributed by atoms with E-state index in [9.17, 15) is 13.2 Å². The summed E-state index contributed by atoms with van der Waals surface area (Å²) in [6.45, 7) is 2.07. The van der Waals surface area contributed by atoms with E-state index in [0.29, 0.717) is 19.3 Å². The fraction of sp³-hybridized carbons (Fsp3) is 0.611. The van der Waals surface area contributed by atoms with Gasteiger partial charge in [0, 0.05) is 24.8 Å². The highest BCUT2D eigenvalue weighted by molar-refractivity contribution is 7.91. The quantitative estimate of drug-likeness (QED) is 0.849. The van der Waals surface area contributed by atoms with Crippen LogP contribution in [0.5, 0.6) is 0 Å². The first-order valence-electron chi connectivity index (χ1n) is 8.41. The monoisotopic (exact) mass is 335 g/mol. The van der Waals surface area contributed by atoms with Gasteiger partial charge in [0.05, 0.1) is 5.25 Å². The topological polar surface area (TPSA) is 54.5 Å². The number of piperidine rings is 1. The maximum Gasteiger partial charge on any atom is 0.223 e. The van der Waals surface area contributed by atoms with Crippen LogP contribution in [0.1, 0.15) is 43.2 Å². The van der Waals surface area contributed by atoms with Crippen LogP contribution in [0.4, 0.5) is 0 Å². The normalized spacial score (nSPS) is 27.2. The maximum absolute atomic E-state index is 12.7. The highest BCUT2D eigenvalue weighted by atomic mass is 32.2. The number of carbonyl (C=O) groups is 1. The number of fused-ring (bicyclic) bond motifs is 2. The second-order valence-corrected chi connectivity index (χ2v) is 9.36. The molecule has 0 spiro atoms. The zero-order valence-corrected chi connectivity index (χ0v) is 14.7. The lowest BCUT2D eigenvalue weighted by Gasteiger charge is -2.38. The molecule has 2 aliphatic heterocycles. The molecular weight excluding hydrogens is 310 g/mol. The van der Waals surface area contributed by atoms with Gasteiger partial charge in [0.25, 0.3) is 0 Å². The van der Waals surface area contributed by atoms with E-state index < -0.39 is 9.84 Å². The van der Waals surface area contributed by atoms with Crippen molar-refractivity contribution < 1.29 is 13.2 Å². The zero-order chi connectivity index (χ0) is 16.6. The van der Waals surface area contributed by atoms with E-state index in [-0.39, 0.29) is 23.2 Å². The van der Waals surface area contributed by atoms with E-state index in [2.05, 4.69) is 19.1 Å². The summed E-state index contributed by atoms with van der Waals surface area (Å²) in [5, 5.41) is -0.264. The first-order valence-corrected chi connectivity index (χ1v) is 10.4. The number of amides is 1. The molecule has 23 heavy (non-hydrogen) atoms. The van der Waals surface area contributed by atoms with Crippen LogP contribution < -0.4 is 0 Å². The summed E-state index contributed by atoms with van der Waals surface area (Å²) in [5.74, 6) is 0.188. The molecule has 2 atom stereocenters. The van der Waals surface area contributed by atoms with Gasteiger partial charge in [-0.05, 0) is 50.2 Å². The van der Waals surface area contributed by atoms with Crippen molar-refractivity contribution in [1.29, 1.82) is 0 Å². The average molecular weight is 335 g/mol. The molecule has 2 heterocycles. The highest BCUT2D eigenvalue weighted by Crippen LogP contribution is 2.38. The Bertz CT molecular complexity index is 684. The SMILES string of the molecule is Cc1ccccc1CCC(=O)N1C2CCC1CC(S(C)(=O)=O)C2. The van der Waals surface area contributed by atoms with E-state index in [0.717, 1.165) is 19.3 Å². The van der Waals surface area contributed by atoms with E-state index in [4.69, 9.17) is 0 Å². The summed E-state index contributed by atoms with van der Waals surface area (Å²) in [4.78, 5) is 14.7. The summed E-state index contributed by atoms with van der Waals surface area (Å²) in [6, 6.07) is 8.41. The number of sulfone groups is 1. The van der Waals surface area contributed by atoms with E-state index >= 15 is 0 Å². The third-order valence-corrected chi connectivity index (χ3v) is 7.05. The molecule has 0 saturated carbocycles. The molecule has 0 radical (unpaired) electrons. The van der Waals surface area contributed by atoms with Gasteiger partial charge in [0.1, 0.15) is 9.84 Å². The van der Waals surface area contributed by atoms with Crippen molar-refractivity contribution in [2.24, 2.45) is 0 Å². The predicted molar refractivity (Wildman–Crippen MR) is 91.0 cm³/mol. The number of hydrogen-bond acceptors (Lipinski definition) is 3. The van der Waals surface area contributed by atoms with E-state index in [1.807, 2.05) is 17.0 Å². The number of benzene rings is 1. The van der Waals surface area contributed by atoms with Crippen molar-refractivity contribution >= 4 is 15.7 Å². The minimum atomic E-state index is -3.00. The van der Waals surface area contributed by atoms with Crippen molar-refractivity contribution in [2.75, 3.05) is 6.26 Å². The van der Waals surface area contributed by atoms with Crippen molar-refractivity contribution in [2.45, 2.75) is 62.8 Å². The Balaban J connectivity index is 1.64. The fourth-order valence-corrected chi connectivity index (χ4v) is 5.29. The first kappa shape index (κ1) is 16.5. The van der Waals surface area contributed by atoms with Gasteiger partial charge in [0.15, 0.2) is 0 Å². The van der Waals surface area contributed by atoms with E-state index in [1.165, 1.54) is 17.4 Å². The van der Waals surface area contributed by atoms with Crippen LogP contribution in [-0.2, 0) is 21.1 Å². The Hall–Kier alpha value is -1.36. The molecule has 2 bridgehead atoms. The first-order chi connectivity index (χ1) is 10.9. The number of nitrogens with zero attached hydrogens (tertiary/aromatic N) is 1. The molecule has 1 aromatic rings. The molecule has 5 heteroatoms. The minimum Gasteiger partial charge on any atom is -0.337 e. The molecule has 3 rings (SSSR count). The third-order valence-electron chi connectivity index (χ3n) is 5.45. The maximum atomic E-state index is 12.7. The predicted octanol–water partition coefficient (Wildman–Crippen LogP) is 2.49. The summed E-state index contributed by atoms with van der Waals surface area (Å²) in [6.07, 6.45) is 5.74. The lowest BCUT2D eigenvalue weighted by Crippen LogP contribution is -2.49. The zero-order valence-electron chi connectivity index (χ0n) is 13.9. The lowest BCUT2D eigenvalue weighted by molar-refractivity contribution is -0.135. The van der Waals surface area contributed by atoms with Gasteiger partial charge in [-0.25, -0.2) is 8.42 Å². The van der Waals surface area contributed by atoms with Gasteiger partial charge in [-0.1, -0.05) is 24.3 Å². The summed E-state index contributed by atoms with van der Waals surface area (Å²) < 4.78 is 23.7. The van der Waals surface area contributed by atoms with Crippen LogP contribution in [0.3, 0.4) is 0 Å². The van der Waals surface area contributed by atoms with Gasteiger partial charge in [-0.15, -0.1) is 0 Å². The lowest BCUT2D eigenvalue weighted by atomic mass is 9.99. The van der Waals surface area contributed by atoms with Crippen molar-refractivity contribution in [3.63, 3.8) is 0 Å². The Kier molecular flexibility index (Phi) is 4.50. The molecule has 0 N–H and O–H groups in total. The standard InChI is InChI=1S/C18H25NO3S/c1-13-5-3-4-6-14(13)7-10-18(20)19-15-8-9-16(19)12-17(11-15)23(2,21)22/h3-6,15-17H,7-12H2,1-2H3. The van der Waals surface area contributed by atoms with E-state index in [1.54, 1.807) is 0 Å². The summed E-state index contributed by atoms with van der Waals surface area (Å²) >= 11 is 0. The summed E-state index contributed by atoms with van der Waals surface area (Å²) in [5.41, 5.74) is 2.44. The van der Waals surface area contributed by atoms with Crippen LogP contribution in [0.15, 0.2) is 24.3 Å². The number of carbonyl (C=O) groups excluding carboxylic acids is 1. The Morgan fingerprint density at radius 2 is 1.78 bits per heavy atom. The molecule has 0 aromatic heterocycles. The minimum absolute atomic E-state index is 0.123. The molecule has 2 saturated heterocycles. The van der Waals surface area contributed by atoms with Crippen molar-refractivity contribution in [3.8, 4) is 0 Å². The van der Waals surface area contributed by atoms with Crippen molar-refractivity contribution in [1.82, 2.24) is 4.90 Å². The Morgan fingerprint density at radius 3 is 2.35 bits per heavy atom. The van der Waals surface area contributed by atoms with Crippen LogP contribution in [0.2, 0.25) is 0 Å². The smallest absolute Gasteiger partial charge is 0.223 e. The van der Waals surface area contributed by atoms with Gasteiger partial charge in [-0.3, -0.25) is 4.79 Å². The van der Waals surface area contributed by atoms with Gasteiger partial charge in [-0.2, -0.15) is 0 Å². The number of hydrogen-bond donors (Lipinski definition) is 0. The Morgan fingerprint density at radius 1 is 1.17 bits per heavy atom. The van der Waals surface area contributed by atoms with Gasteiger partial charge < -0.3 is 4.90 Å². The molecular formula is C18H25NO3S. The highest BCUT2D eigenvalue weighted by Gasteiger charge is 2.45. The number of aryl methyl sites for hydroxylation is 2. The molecule has 2 unspecified atom stereocenters. The molecule has 2 aliphatic rings. The molecule has 1 amide bonds. The molecule has 2 fully saturated rings. The van der Waals surface area contributed by atoms with Crippen molar-refractivity contribution in [3.05, 3.63) is 35.4 Å². The molecule has 1 aromatic carbocycles. The average Bonchev–Trinajstić information content (AvgIpc) is 2.75. The van der Waals surface area contributed by atoms with Crippen LogP contribution >= 0.6 is 0 Å². The molecule has 4 nitrogen and oxygen atoms in total. The van der Waals surface area contributed by atoms with Gasteiger partial charge >= 0.3 is 0 Å².